The van der Waals surface area contributed by atoms with E-state index < -0.39 is 0 Å². The Kier molecular flexibility index (Phi) is 6.00. The zero-order chi connectivity index (χ0) is 19.5. The Bertz CT molecular complexity index is 708. The van der Waals surface area contributed by atoms with Gasteiger partial charge in [0.05, 0.1) is 0 Å². The van der Waals surface area contributed by atoms with Crippen LogP contribution in [-0.2, 0) is 22.6 Å². The van der Waals surface area contributed by atoms with Gasteiger partial charge in [-0.2, -0.15) is 0 Å². The van der Waals surface area contributed by atoms with Gasteiger partial charge in [0.15, 0.2) is 0 Å². The molecule has 152 valence electrons. The number of carbonyl (C=O) groups excluding carboxylic acids is 2. The van der Waals surface area contributed by atoms with E-state index in [2.05, 4.69) is 41.4 Å². The van der Waals surface area contributed by atoms with Crippen molar-refractivity contribution in [3.63, 3.8) is 0 Å². The fourth-order valence-electron chi connectivity index (χ4n) is 4.67. The molecule has 1 saturated carbocycles. The van der Waals surface area contributed by atoms with Crippen LogP contribution in [0, 0.1) is 11.8 Å². The maximum Gasteiger partial charge on any atom is 0.225 e. The maximum absolute atomic E-state index is 12.7. The van der Waals surface area contributed by atoms with Crippen molar-refractivity contribution in [1.82, 2.24) is 15.1 Å². The second kappa shape index (κ2) is 8.64. The van der Waals surface area contributed by atoms with Gasteiger partial charge in [-0.1, -0.05) is 31.2 Å². The lowest BCUT2D eigenvalue weighted by Crippen LogP contribution is -2.48. The highest BCUT2D eigenvalue weighted by Crippen LogP contribution is 2.32. The minimum absolute atomic E-state index is 0.0582. The molecule has 1 aliphatic carbocycles. The van der Waals surface area contributed by atoms with Crippen molar-refractivity contribution in [2.45, 2.75) is 58.0 Å². The lowest BCUT2D eigenvalue weighted by Gasteiger charge is -2.36. The monoisotopic (exact) mass is 383 g/mol. The SMILES string of the molecule is CCC(CNC(=O)C1CCN(C(=O)C2CC2)CC1)N1CCc2ccccc2C1. The highest BCUT2D eigenvalue weighted by atomic mass is 16.2. The van der Waals surface area contributed by atoms with Crippen molar-refractivity contribution in [3.05, 3.63) is 35.4 Å². The smallest absolute Gasteiger partial charge is 0.225 e. The molecule has 1 unspecified atom stereocenters. The van der Waals surface area contributed by atoms with Crippen LogP contribution < -0.4 is 5.32 Å². The van der Waals surface area contributed by atoms with Crippen LogP contribution in [0.4, 0.5) is 0 Å². The van der Waals surface area contributed by atoms with Crippen molar-refractivity contribution in [2.75, 3.05) is 26.2 Å². The van der Waals surface area contributed by atoms with Crippen molar-refractivity contribution in [3.8, 4) is 0 Å². The predicted octanol–water partition coefficient (Wildman–Crippen LogP) is 2.59. The molecule has 1 aromatic carbocycles. The average Bonchev–Trinajstić information content (AvgIpc) is 3.59. The topological polar surface area (TPSA) is 52.7 Å². The van der Waals surface area contributed by atoms with Crippen molar-refractivity contribution in [1.29, 1.82) is 0 Å². The Morgan fingerprint density at radius 3 is 2.43 bits per heavy atom. The molecule has 0 bridgehead atoms. The summed E-state index contributed by atoms with van der Waals surface area (Å²) in [5.74, 6) is 0.831. The molecule has 1 atom stereocenters. The first-order valence-electron chi connectivity index (χ1n) is 11.0. The van der Waals surface area contributed by atoms with E-state index in [4.69, 9.17) is 0 Å². The van der Waals surface area contributed by atoms with Gasteiger partial charge in [0.2, 0.25) is 11.8 Å². The Balaban J connectivity index is 1.24. The van der Waals surface area contributed by atoms with Crippen LogP contribution in [0.1, 0.15) is 50.2 Å². The van der Waals surface area contributed by atoms with Gasteiger partial charge in [-0.25, -0.2) is 0 Å². The minimum Gasteiger partial charge on any atom is -0.354 e. The van der Waals surface area contributed by atoms with E-state index in [1.807, 2.05) is 4.90 Å². The summed E-state index contributed by atoms with van der Waals surface area (Å²) in [4.78, 5) is 29.3. The zero-order valence-corrected chi connectivity index (χ0v) is 17.0. The summed E-state index contributed by atoms with van der Waals surface area (Å²) in [7, 11) is 0. The first kappa shape index (κ1) is 19.4. The minimum atomic E-state index is 0.0582. The summed E-state index contributed by atoms with van der Waals surface area (Å²) in [6.45, 7) is 6.46. The van der Waals surface area contributed by atoms with Crippen LogP contribution in [0.2, 0.25) is 0 Å². The molecular formula is C23H33N3O2. The third-order valence-corrected chi connectivity index (χ3v) is 6.76. The van der Waals surface area contributed by atoms with Crippen LogP contribution in [0.3, 0.4) is 0 Å². The van der Waals surface area contributed by atoms with Gasteiger partial charge in [0.25, 0.3) is 0 Å². The average molecular weight is 384 g/mol. The summed E-state index contributed by atoms with van der Waals surface area (Å²) < 4.78 is 0. The van der Waals surface area contributed by atoms with Crippen LogP contribution >= 0.6 is 0 Å². The zero-order valence-electron chi connectivity index (χ0n) is 17.0. The van der Waals surface area contributed by atoms with Crippen LogP contribution in [0.25, 0.3) is 0 Å². The van der Waals surface area contributed by atoms with E-state index in [1.54, 1.807) is 0 Å². The second-order valence-electron chi connectivity index (χ2n) is 8.67. The molecule has 2 fully saturated rings. The van der Waals surface area contributed by atoms with E-state index >= 15 is 0 Å². The van der Waals surface area contributed by atoms with E-state index in [0.717, 1.165) is 71.2 Å². The van der Waals surface area contributed by atoms with E-state index in [1.165, 1.54) is 11.1 Å². The molecule has 1 saturated heterocycles. The fourth-order valence-corrected chi connectivity index (χ4v) is 4.67. The largest absolute Gasteiger partial charge is 0.354 e. The van der Waals surface area contributed by atoms with Crippen molar-refractivity contribution < 1.29 is 9.59 Å². The number of piperidine rings is 1. The number of fused-ring (bicyclic) bond motifs is 1. The van der Waals surface area contributed by atoms with Crippen LogP contribution in [0.5, 0.6) is 0 Å². The van der Waals surface area contributed by atoms with Crippen molar-refractivity contribution in [2.24, 2.45) is 11.8 Å². The number of amides is 2. The Labute approximate surface area is 168 Å². The number of likely N-dealkylation sites (tertiary alicyclic amines) is 1. The number of carbonyl (C=O) groups is 2. The number of hydrogen-bond donors (Lipinski definition) is 1. The maximum atomic E-state index is 12.7. The number of nitrogens with zero attached hydrogens (tertiary/aromatic N) is 2. The molecule has 4 rings (SSSR count). The molecule has 0 aromatic heterocycles. The second-order valence-corrected chi connectivity index (χ2v) is 8.67. The molecule has 0 radical (unpaired) electrons. The third kappa shape index (κ3) is 4.40. The third-order valence-electron chi connectivity index (χ3n) is 6.76. The van der Waals surface area contributed by atoms with E-state index in [0.29, 0.717) is 11.9 Å². The van der Waals surface area contributed by atoms with Gasteiger partial charge in [-0.15, -0.1) is 0 Å². The molecule has 2 amide bonds. The first-order chi connectivity index (χ1) is 13.7. The summed E-state index contributed by atoms with van der Waals surface area (Å²) in [5.41, 5.74) is 2.89. The lowest BCUT2D eigenvalue weighted by molar-refractivity contribution is -0.136. The Hall–Kier alpha value is -1.88. The summed E-state index contributed by atoms with van der Waals surface area (Å²) in [6.07, 6.45) is 5.85. The van der Waals surface area contributed by atoms with Crippen molar-refractivity contribution >= 4 is 11.8 Å². The van der Waals surface area contributed by atoms with Gasteiger partial charge in [-0.05, 0) is 49.7 Å². The highest BCUT2D eigenvalue weighted by molar-refractivity contribution is 5.82. The fraction of sp³-hybridized carbons (Fsp3) is 0.652. The standard InChI is InChI=1S/C23H33N3O2/c1-2-21(26-14-9-17-5-3-4-6-20(17)16-26)15-24-22(27)18-10-12-25(13-11-18)23(28)19-7-8-19/h3-6,18-19,21H,2,7-16H2,1H3,(H,24,27). The first-order valence-corrected chi connectivity index (χ1v) is 11.0. The van der Waals surface area contributed by atoms with Gasteiger partial charge in [0, 0.05) is 50.6 Å². The Morgan fingerprint density at radius 1 is 1.04 bits per heavy atom. The van der Waals surface area contributed by atoms with Gasteiger partial charge in [-0.3, -0.25) is 14.5 Å². The quantitative estimate of drug-likeness (QED) is 0.822. The molecule has 2 aliphatic heterocycles. The van der Waals surface area contributed by atoms with Crippen LogP contribution in [0.15, 0.2) is 24.3 Å². The Morgan fingerprint density at radius 2 is 1.75 bits per heavy atom. The van der Waals surface area contributed by atoms with Gasteiger partial charge in [0.1, 0.15) is 0 Å². The summed E-state index contributed by atoms with van der Waals surface area (Å²) in [6, 6.07) is 9.08. The molecule has 0 spiro atoms. The lowest BCUT2D eigenvalue weighted by atomic mass is 9.95. The molecule has 5 heteroatoms. The summed E-state index contributed by atoms with van der Waals surface area (Å²) in [5, 5.41) is 3.22. The summed E-state index contributed by atoms with van der Waals surface area (Å²) >= 11 is 0. The van der Waals surface area contributed by atoms with Gasteiger partial charge >= 0.3 is 0 Å². The number of rotatable bonds is 6. The van der Waals surface area contributed by atoms with Crippen LogP contribution in [-0.4, -0.2) is 53.8 Å². The number of hydrogen-bond acceptors (Lipinski definition) is 3. The molecule has 1 N–H and O–H groups in total. The number of benzene rings is 1. The normalized spacial score (nSPS) is 21.8. The van der Waals surface area contributed by atoms with Gasteiger partial charge < -0.3 is 10.2 Å². The van der Waals surface area contributed by atoms with E-state index in [-0.39, 0.29) is 17.7 Å². The number of nitrogens with one attached hydrogen (secondary N) is 1. The molecule has 28 heavy (non-hydrogen) atoms. The molecule has 2 heterocycles. The highest BCUT2D eigenvalue weighted by Gasteiger charge is 2.36. The molecular weight excluding hydrogens is 350 g/mol. The van der Waals surface area contributed by atoms with E-state index in [9.17, 15) is 9.59 Å². The predicted molar refractivity (Wildman–Crippen MR) is 110 cm³/mol. The molecule has 3 aliphatic rings. The molecule has 5 nitrogen and oxygen atoms in total. The molecule has 1 aromatic rings.